The van der Waals surface area contributed by atoms with Crippen LogP contribution >= 0.6 is 0 Å². The maximum absolute atomic E-state index is 11.0. The predicted molar refractivity (Wildman–Crippen MR) is 78.1 cm³/mol. The Morgan fingerprint density at radius 3 is 2.76 bits per heavy atom. The lowest BCUT2D eigenvalue weighted by Crippen LogP contribution is -2.13. The van der Waals surface area contributed by atoms with Gasteiger partial charge in [0.15, 0.2) is 5.75 Å². The molecule has 1 N–H and O–H groups in total. The average molecular weight is 290 g/mol. The van der Waals surface area contributed by atoms with Crippen LogP contribution in [0.25, 0.3) is 0 Å². The van der Waals surface area contributed by atoms with Gasteiger partial charge in [0.25, 0.3) is 0 Å². The number of hydrogen-bond acceptors (Lipinski definition) is 5. The molecule has 0 atom stereocenters. The summed E-state index contributed by atoms with van der Waals surface area (Å²) in [5.41, 5.74) is 2.91. The van der Waals surface area contributed by atoms with Crippen LogP contribution in [0.1, 0.15) is 16.8 Å². The van der Waals surface area contributed by atoms with Crippen LogP contribution in [-0.4, -0.2) is 21.8 Å². The highest BCUT2D eigenvalue weighted by Crippen LogP contribution is 2.27. The summed E-state index contributed by atoms with van der Waals surface area (Å²) in [6, 6.07) is 4.96. The first-order valence-corrected chi connectivity index (χ1v) is 6.52. The van der Waals surface area contributed by atoms with Crippen molar-refractivity contribution in [3.8, 4) is 5.75 Å². The van der Waals surface area contributed by atoms with E-state index in [-0.39, 0.29) is 11.4 Å². The molecule has 0 fully saturated rings. The Labute approximate surface area is 122 Å². The zero-order chi connectivity index (χ0) is 15.4. The number of hydrogen-bond donors (Lipinski definition) is 1. The smallest absolute Gasteiger partial charge is 0.311 e. The minimum atomic E-state index is -0.437. The van der Waals surface area contributed by atoms with Gasteiger partial charge in [0.2, 0.25) is 0 Å². The molecule has 0 aliphatic rings. The van der Waals surface area contributed by atoms with E-state index in [1.807, 2.05) is 26.2 Å². The predicted octanol–water partition coefficient (Wildman–Crippen LogP) is 1.94. The van der Waals surface area contributed by atoms with Gasteiger partial charge in [0.05, 0.1) is 17.7 Å². The van der Waals surface area contributed by atoms with Crippen molar-refractivity contribution in [3.63, 3.8) is 0 Å². The molecule has 0 spiro atoms. The first kappa shape index (κ1) is 15.0. The molecule has 0 saturated carbocycles. The van der Waals surface area contributed by atoms with Crippen LogP contribution in [0, 0.1) is 17.0 Å². The number of nitrogens with one attached hydrogen (secondary N) is 1. The van der Waals surface area contributed by atoms with Gasteiger partial charge in [-0.25, -0.2) is 0 Å². The fraction of sp³-hybridized carbons (Fsp3) is 0.357. The second-order valence-electron chi connectivity index (χ2n) is 4.78. The van der Waals surface area contributed by atoms with Gasteiger partial charge < -0.3 is 10.1 Å². The topological polar surface area (TPSA) is 82.2 Å². The van der Waals surface area contributed by atoms with Crippen molar-refractivity contribution in [2.24, 2.45) is 7.05 Å². The highest BCUT2D eigenvalue weighted by atomic mass is 16.6. The molecule has 2 rings (SSSR count). The fourth-order valence-electron chi connectivity index (χ4n) is 2.15. The molecule has 7 nitrogen and oxygen atoms in total. The van der Waals surface area contributed by atoms with Crippen LogP contribution in [-0.2, 0) is 20.1 Å². The SMILES string of the molecule is COc1ccc(CNCc2cn(C)nc2C)cc1[N+](=O)[O-]. The molecule has 0 radical (unpaired) electrons. The van der Waals surface area contributed by atoms with E-state index in [2.05, 4.69) is 10.4 Å². The van der Waals surface area contributed by atoms with Crippen LogP contribution in [0.5, 0.6) is 5.75 Å². The summed E-state index contributed by atoms with van der Waals surface area (Å²) < 4.78 is 6.75. The van der Waals surface area contributed by atoms with E-state index in [1.165, 1.54) is 13.2 Å². The Kier molecular flexibility index (Phi) is 4.54. The maximum Gasteiger partial charge on any atom is 0.311 e. The highest BCUT2D eigenvalue weighted by molar-refractivity contribution is 5.48. The van der Waals surface area contributed by atoms with Crippen molar-refractivity contribution >= 4 is 5.69 Å². The first-order valence-electron chi connectivity index (χ1n) is 6.52. The van der Waals surface area contributed by atoms with Crippen LogP contribution in [0.4, 0.5) is 5.69 Å². The number of aryl methyl sites for hydroxylation is 2. The van der Waals surface area contributed by atoms with Crippen molar-refractivity contribution < 1.29 is 9.66 Å². The number of nitro groups is 1. The molecular weight excluding hydrogens is 272 g/mol. The van der Waals surface area contributed by atoms with E-state index < -0.39 is 4.92 Å². The van der Waals surface area contributed by atoms with Crippen LogP contribution < -0.4 is 10.1 Å². The lowest BCUT2D eigenvalue weighted by Gasteiger charge is -2.06. The number of nitro benzene ring substituents is 1. The molecule has 0 bridgehead atoms. The Morgan fingerprint density at radius 1 is 1.43 bits per heavy atom. The van der Waals surface area contributed by atoms with Gasteiger partial charge in [0.1, 0.15) is 0 Å². The summed E-state index contributed by atoms with van der Waals surface area (Å²) in [7, 11) is 3.30. The Hall–Kier alpha value is -2.41. The van der Waals surface area contributed by atoms with Crippen molar-refractivity contribution in [1.82, 2.24) is 15.1 Å². The van der Waals surface area contributed by atoms with Gasteiger partial charge in [-0.2, -0.15) is 5.10 Å². The molecule has 7 heteroatoms. The molecule has 1 heterocycles. The largest absolute Gasteiger partial charge is 0.490 e. The molecule has 1 aromatic carbocycles. The molecule has 21 heavy (non-hydrogen) atoms. The van der Waals surface area contributed by atoms with Gasteiger partial charge in [-0.05, 0) is 18.6 Å². The average Bonchev–Trinajstić information content (AvgIpc) is 2.77. The van der Waals surface area contributed by atoms with Crippen molar-refractivity contribution in [3.05, 3.63) is 51.3 Å². The second-order valence-corrected chi connectivity index (χ2v) is 4.78. The van der Waals surface area contributed by atoms with E-state index in [1.54, 1.807) is 10.7 Å². The van der Waals surface area contributed by atoms with E-state index in [0.29, 0.717) is 13.1 Å². The van der Waals surface area contributed by atoms with Gasteiger partial charge in [-0.3, -0.25) is 14.8 Å². The minimum Gasteiger partial charge on any atom is -0.490 e. The van der Waals surface area contributed by atoms with E-state index >= 15 is 0 Å². The van der Waals surface area contributed by atoms with Gasteiger partial charge >= 0.3 is 5.69 Å². The standard InChI is InChI=1S/C14H18N4O3/c1-10-12(9-17(2)16-10)8-15-7-11-4-5-14(21-3)13(6-11)18(19)20/h4-6,9,15H,7-8H2,1-3H3. The van der Waals surface area contributed by atoms with Crippen molar-refractivity contribution in [1.29, 1.82) is 0 Å². The number of rotatable bonds is 6. The summed E-state index contributed by atoms with van der Waals surface area (Å²) in [6.07, 6.45) is 1.96. The third-order valence-electron chi connectivity index (χ3n) is 3.20. The van der Waals surface area contributed by atoms with Crippen LogP contribution in [0.15, 0.2) is 24.4 Å². The lowest BCUT2D eigenvalue weighted by atomic mass is 10.2. The summed E-state index contributed by atoms with van der Waals surface area (Å²) in [5, 5.41) is 18.5. The number of ether oxygens (including phenoxy) is 1. The third kappa shape index (κ3) is 3.57. The van der Waals surface area contributed by atoms with Gasteiger partial charge in [0, 0.05) is 38.0 Å². The zero-order valence-corrected chi connectivity index (χ0v) is 12.3. The molecule has 2 aromatic rings. The van der Waals surface area contributed by atoms with Gasteiger partial charge in [-0.1, -0.05) is 6.07 Å². The molecule has 0 aliphatic heterocycles. The Balaban J connectivity index is 2.02. The summed E-state index contributed by atoms with van der Waals surface area (Å²) in [4.78, 5) is 10.5. The number of nitrogens with zero attached hydrogens (tertiary/aromatic N) is 3. The molecular formula is C14H18N4O3. The maximum atomic E-state index is 11.0. The molecule has 0 amide bonds. The van der Waals surface area contributed by atoms with Crippen molar-refractivity contribution in [2.75, 3.05) is 7.11 Å². The summed E-state index contributed by atoms with van der Waals surface area (Å²) in [6.45, 7) is 3.16. The zero-order valence-electron chi connectivity index (χ0n) is 12.3. The molecule has 0 saturated heterocycles. The first-order chi connectivity index (χ1) is 10.0. The molecule has 0 aliphatic carbocycles. The number of aromatic nitrogens is 2. The van der Waals surface area contributed by atoms with Crippen LogP contribution in [0.3, 0.4) is 0 Å². The minimum absolute atomic E-state index is 0.0191. The molecule has 112 valence electrons. The van der Waals surface area contributed by atoms with Crippen molar-refractivity contribution in [2.45, 2.75) is 20.0 Å². The van der Waals surface area contributed by atoms with Gasteiger partial charge in [-0.15, -0.1) is 0 Å². The summed E-state index contributed by atoms with van der Waals surface area (Å²) in [5.74, 6) is 0.270. The van der Waals surface area contributed by atoms with Crippen LogP contribution in [0.2, 0.25) is 0 Å². The second kappa shape index (κ2) is 6.36. The molecule has 0 unspecified atom stereocenters. The van der Waals surface area contributed by atoms with E-state index in [9.17, 15) is 10.1 Å². The Morgan fingerprint density at radius 2 is 2.19 bits per heavy atom. The highest BCUT2D eigenvalue weighted by Gasteiger charge is 2.14. The molecule has 1 aromatic heterocycles. The third-order valence-corrected chi connectivity index (χ3v) is 3.20. The quantitative estimate of drug-likeness (QED) is 0.649. The Bertz CT molecular complexity index is 652. The fourth-order valence-corrected chi connectivity index (χ4v) is 2.15. The normalized spacial score (nSPS) is 10.6. The lowest BCUT2D eigenvalue weighted by molar-refractivity contribution is -0.385. The summed E-state index contributed by atoms with van der Waals surface area (Å²) >= 11 is 0. The van der Waals surface area contributed by atoms with E-state index in [4.69, 9.17) is 4.74 Å². The van der Waals surface area contributed by atoms with E-state index in [0.717, 1.165) is 16.8 Å². The number of benzene rings is 1. The monoisotopic (exact) mass is 290 g/mol. The number of methoxy groups -OCH3 is 1.